The second-order valence-corrected chi connectivity index (χ2v) is 9.60. The zero-order valence-electron chi connectivity index (χ0n) is 19.3. The van der Waals surface area contributed by atoms with Crippen LogP contribution in [0.4, 0.5) is 16.2 Å². The molecule has 0 aromatic heterocycles. The zero-order chi connectivity index (χ0) is 22.6. The fourth-order valence-corrected chi connectivity index (χ4v) is 5.45. The molecule has 2 heterocycles. The van der Waals surface area contributed by atoms with Crippen molar-refractivity contribution in [3.05, 3.63) is 59.2 Å². The molecule has 33 heavy (non-hydrogen) atoms. The average Bonchev–Trinajstić information content (AvgIpc) is 3.39. The van der Waals surface area contributed by atoms with Crippen molar-refractivity contribution in [2.45, 2.75) is 64.0 Å². The highest BCUT2D eigenvalue weighted by molar-refractivity contribution is 6.02. The number of carbonyl (C=O) groups excluding carboxylic acids is 2. The third-order valence-electron chi connectivity index (χ3n) is 7.29. The van der Waals surface area contributed by atoms with Crippen LogP contribution in [0.25, 0.3) is 0 Å². The highest BCUT2D eigenvalue weighted by atomic mass is 16.2. The summed E-state index contributed by atoms with van der Waals surface area (Å²) in [5, 5.41) is 6.09. The van der Waals surface area contributed by atoms with Crippen molar-refractivity contribution in [3.63, 3.8) is 0 Å². The molecule has 0 unspecified atom stereocenters. The number of likely N-dealkylation sites (tertiary alicyclic amines) is 1. The molecule has 0 spiro atoms. The van der Waals surface area contributed by atoms with Crippen molar-refractivity contribution in [2.24, 2.45) is 0 Å². The Kier molecular flexibility index (Phi) is 6.51. The van der Waals surface area contributed by atoms with E-state index < -0.39 is 0 Å². The highest BCUT2D eigenvalue weighted by Gasteiger charge is 2.26. The smallest absolute Gasteiger partial charge is 0.319 e. The molecule has 3 amide bonds. The molecule has 5 rings (SSSR count). The Morgan fingerprint density at radius 2 is 1.61 bits per heavy atom. The summed E-state index contributed by atoms with van der Waals surface area (Å²) >= 11 is 0. The SMILES string of the molecule is O=C(Nc1ccc(N2CCc3ccccc3C2)c(C(=O)N2CCCC2)c1)NC1CCCCC1. The molecule has 2 aromatic rings. The second kappa shape index (κ2) is 9.86. The van der Waals surface area contributed by atoms with E-state index in [4.69, 9.17) is 0 Å². The summed E-state index contributed by atoms with van der Waals surface area (Å²) in [7, 11) is 0. The van der Waals surface area contributed by atoms with Gasteiger partial charge in [0.15, 0.2) is 0 Å². The maximum Gasteiger partial charge on any atom is 0.319 e. The van der Waals surface area contributed by atoms with Crippen molar-refractivity contribution >= 4 is 23.3 Å². The summed E-state index contributed by atoms with van der Waals surface area (Å²) in [6.45, 7) is 3.29. The first-order valence-electron chi connectivity index (χ1n) is 12.5. The van der Waals surface area contributed by atoms with Gasteiger partial charge in [-0.15, -0.1) is 0 Å². The predicted octanol–water partition coefficient (Wildman–Crippen LogP) is 4.94. The molecule has 2 aliphatic heterocycles. The van der Waals surface area contributed by atoms with Crippen LogP contribution in [0, 0.1) is 0 Å². The number of hydrogen-bond acceptors (Lipinski definition) is 3. The number of nitrogens with one attached hydrogen (secondary N) is 2. The average molecular weight is 447 g/mol. The number of hydrogen-bond donors (Lipinski definition) is 2. The monoisotopic (exact) mass is 446 g/mol. The van der Waals surface area contributed by atoms with Crippen LogP contribution < -0.4 is 15.5 Å². The van der Waals surface area contributed by atoms with Gasteiger partial charge in [0.2, 0.25) is 0 Å². The number of fused-ring (bicyclic) bond motifs is 1. The molecule has 1 saturated heterocycles. The van der Waals surface area contributed by atoms with E-state index in [0.717, 1.165) is 64.0 Å². The minimum absolute atomic E-state index is 0.0673. The topological polar surface area (TPSA) is 64.7 Å². The van der Waals surface area contributed by atoms with Gasteiger partial charge in [-0.2, -0.15) is 0 Å². The first kappa shape index (κ1) is 21.8. The summed E-state index contributed by atoms with van der Waals surface area (Å²) in [5.41, 5.74) is 5.02. The van der Waals surface area contributed by atoms with Gasteiger partial charge < -0.3 is 20.4 Å². The number of anilines is 2. The van der Waals surface area contributed by atoms with Crippen molar-refractivity contribution in [2.75, 3.05) is 29.9 Å². The summed E-state index contributed by atoms with van der Waals surface area (Å²) in [5.74, 6) is 0.0673. The van der Waals surface area contributed by atoms with Gasteiger partial charge in [0.25, 0.3) is 5.91 Å². The van der Waals surface area contributed by atoms with Gasteiger partial charge in [-0.25, -0.2) is 4.79 Å². The Hall–Kier alpha value is -3.02. The van der Waals surface area contributed by atoms with E-state index in [1.165, 1.54) is 30.4 Å². The van der Waals surface area contributed by atoms with E-state index in [2.05, 4.69) is 39.8 Å². The normalized spacial score (nSPS) is 18.7. The largest absolute Gasteiger partial charge is 0.366 e. The summed E-state index contributed by atoms with van der Waals surface area (Å²) in [6.07, 6.45) is 8.77. The van der Waals surface area contributed by atoms with E-state index >= 15 is 0 Å². The lowest BCUT2D eigenvalue weighted by atomic mass is 9.96. The summed E-state index contributed by atoms with van der Waals surface area (Å²) in [6, 6.07) is 14.4. The van der Waals surface area contributed by atoms with Gasteiger partial charge >= 0.3 is 6.03 Å². The fraction of sp³-hybridized carbons (Fsp3) is 0.481. The van der Waals surface area contributed by atoms with Crippen LogP contribution >= 0.6 is 0 Å². The molecule has 2 fully saturated rings. The van der Waals surface area contributed by atoms with Crippen LogP contribution in [0.5, 0.6) is 0 Å². The number of urea groups is 1. The lowest BCUT2D eigenvalue weighted by Crippen LogP contribution is -2.39. The molecule has 1 aliphatic carbocycles. The zero-order valence-corrected chi connectivity index (χ0v) is 19.3. The maximum absolute atomic E-state index is 13.5. The first-order chi connectivity index (χ1) is 16.2. The van der Waals surface area contributed by atoms with Crippen LogP contribution in [0.3, 0.4) is 0 Å². The molecule has 3 aliphatic rings. The Morgan fingerprint density at radius 1 is 0.848 bits per heavy atom. The molecular formula is C27H34N4O2. The number of rotatable bonds is 4. The van der Waals surface area contributed by atoms with E-state index in [1.54, 1.807) is 0 Å². The highest BCUT2D eigenvalue weighted by Crippen LogP contribution is 2.31. The molecule has 6 nitrogen and oxygen atoms in total. The quantitative estimate of drug-likeness (QED) is 0.699. The Bertz CT molecular complexity index is 1010. The van der Waals surface area contributed by atoms with Crippen molar-refractivity contribution < 1.29 is 9.59 Å². The van der Waals surface area contributed by atoms with E-state index in [-0.39, 0.29) is 18.0 Å². The first-order valence-corrected chi connectivity index (χ1v) is 12.5. The lowest BCUT2D eigenvalue weighted by Gasteiger charge is -2.33. The van der Waals surface area contributed by atoms with Crippen LogP contribution in [-0.2, 0) is 13.0 Å². The molecule has 2 N–H and O–H groups in total. The third kappa shape index (κ3) is 5.00. The van der Waals surface area contributed by atoms with Crippen LogP contribution in [-0.4, -0.2) is 42.5 Å². The molecule has 2 aromatic carbocycles. The van der Waals surface area contributed by atoms with Gasteiger partial charge in [-0.1, -0.05) is 43.5 Å². The van der Waals surface area contributed by atoms with Crippen molar-refractivity contribution in [1.82, 2.24) is 10.2 Å². The Balaban J connectivity index is 1.37. The lowest BCUT2D eigenvalue weighted by molar-refractivity contribution is 0.0793. The molecule has 1 saturated carbocycles. The van der Waals surface area contributed by atoms with Gasteiger partial charge in [0, 0.05) is 43.6 Å². The number of nitrogens with zero attached hydrogens (tertiary/aromatic N) is 2. The second-order valence-electron chi connectivity index (χ2n) is 9.60. The molecule has 174 valence electrons. The van der Waals surface area contributed by atoms with Crippen LogP contribution in [0.1, 0.15) is 66.4 Å². The minimum atomic E-state index is -0.180. The fourth-order valence-electron chi connectivity index (χ4n) is 5.45. The van der Waals surface area contributed by atoms with Gasteiger partial charge in [-0.05, 0) is 61.4 Å². The third-order valence-corrected chi connectivity index (χ3v) is 7.29. The van der Waals surface area contributed by atoms with E-state index in [0.29, 0.717) is 11.3 Å². The molecular weight excluding hydrogens is 412 g/mol. The molecule has 0 bridgehead atoms. The molecule has 6 heteroatoms. The van der Waals surface area contributed by atoms with Crippen LogP contribution in [0.2, 0.25) is 0 Å². The van der Waals surface area contributed by atoms with E-state index in [9.17, 15) is 9.59 Å². The predicted molar refractivity (Wildman–Crippen MR) is 132 cm³/mol. The Morgan fingerprint density at radius 3 is 2.39 bits per heavy atom. The van der Waals surface area contributed by atoms with Gasteiger partial charge in [0.1, 0.15) is 0 Å². The number of benzene rings is 2. The number of carbonyl (C=O) groups is 2. The van der Waals surface area contributed by atoms with Crippen molar-refractivity contribution in [1.29, 1.82) is 0 Å². The molecule has 0 atom stereocenters. The summed E-state index contributed by atoms with van der Waals surface area (Å²) in [4.78, 5) is 30.3. The van der Waals surface area contributed by atoms with E-state index in [1.807, 2.05) is 23.1 Å². The minimum Gasteiger partial charge on any atom is -0.366 e. The maximum atomic E-state index is 13.5. The van der Waals surface area contributed by atoms with Crippen molar-refractivity contribution in [3.8, 4) is 0 Å². The molecule has 0 radical (unpaired) electrons. The number of amides is 3. The van der Waals surface area contributed by atoms with Gasteiger partial charge in [0.05, 0.1) is 5.56 Å². The Labute approximate surface area is 196 Å². The van der Waals surface area contributed by atoms with Crippen LogP contribution in [0.15, 0.2) is 42.5 Å². The standard InChI is InChI=1S/C27H34N4O2/c32-26(30-15-6-7-16-30)24-18-23(29-27(33)28-22-10-2-1-3-11-22)12-13-25(24)31-17-14-20-8-4-5-9-21(20)19-31/h4-5,8-9,12-13,18,22H,1-3,6-7,10-11,14-17,19H2,(H2,28,29,33). The summed E-state index contributed by atoms with van der Waals surface area (Å²) < 4.78 is 0. The van der Waals surface area contributed by atoms with Gasteiger partial charge in [-0.3, -0.25) is 4.79 Å².